The Balaban J connectivity index is 2.05. The van der Waals surface area contributed by atoms with Crippen LogP contribution >= 0.6 is 0 Å². The summed E-state index contributed by atoms with van der Waals surface area (Å²) in [7, 11) is 0. The van der Waals surface area contributed by atoms with E-state index in [-0.39, 0.29) is 0 Å². The number of rotatable bonds is 0. The van der Waals surface area contributed by atoms with E-state index in [1.54, 1.807) is 0 Å². The fraction of sp³-hybridized carbons (Fsp3) is 1.00. The molecule has 9 heavy (non-hydrogen) atoms. The van der Waals surface area contributed by atoms with Gasteiger partial charge in [-0.3, -0.25) is 0 Å². The number of hydrogen-bond donors (Lipinski definition) is 1. The van der Waals surface area contributed by atoms with Crippen LogP contribution in [0.2, 0.25) is 0 Å². The Labute approximate surface area is 55.6 Å². The molecule has 0 aromatic rings. The summed E-state index contributed by atoms with van der Waals surface area (Å²) in [6.45, 7) is 3.08. The number of nitrogens with one attached hydrogen (secondary N) is 1. The third-order valence-electron chi connectivity index (χ3n) is 2.40. The topological polar surface area (TPSA) is 21.3 Å². The minimum atomic E-state index is 0.448. The molecule has 2 bridgehead atoms. The van der Waals surface area contributed by atoms with Crippen molar-refractivity contribution in [2.75, 3.05) is 6.61 Å². The van der Waals surface area contributed by atoms with Gasteiger partial charge in [-0.05, 0) is 19.8 Å². The number of ether oxygens (including phenoxy) is 1. The monoisotopic (exact) mass is 127 g/mol. The van der Waals surface area contributed by atoms with E-state index in [2.05, 4.69) is 12.2 Å². The van der Waals surface area contributed by atoms with Crippen LogP contribution in [-0.2, 0) is 4.74 Å². The summed E-state index contributed by atoms with van der Waals surface area (Å²) in [6, 6.07) is 1.33. The van der Waals surface area contributed by atoms with Crippen molar-refractivity contribution in [2.24, 2.45) is 0 Å². The van der Waals surface area contributed by atoms with Gasteiger partial charge in [-0.2, -0.15) is 0 Å². The van der Waals surface area contributed by atoms with Crippen molar-refractivity contribution in [3.05, 3.63) is 0 Å². The van der Waals surface area contributed by atoms with Crippen molar-refractivity contribution in [1.29, 1.82) is 0 Å². The Hall–Kier alpha value is -0.0800. The molecule has 2 aliphatic rings. The predicted octanol–water partition coefficient (Wildman–Crippen LogP) is 0.526. The highest BCUT2D eigenvalue weighted by Crippen LogP contribution is 2.22. The van der Waals surface area contributed by atoms with Crippen LogP contribution in [0.25, 0.3) is 0 Å². The lowest BCUT2D eigenvalue weighted by Gasteiger charge is -2.27. The van der Waals surface area contributed by atoms with Crippen molar-refractivity contribution in [3.63, 3.8) is 0 Å². The van der Waals surface area contributed by atoms with Crippen LogP contribution in [0.3, 0.4) is 0 Å². The van der Waals surface area contributed by atoms with Gasteiger partial charge in [0.15, 0.2) is 0 Å². The maximum absolute atomic E-state index is 5.50. The molecule has 2 fully saturated rings. The molecule has 3 atom stereocenters. The van der Waals surface area contributed by atoms with Gasteiger partial charge in [0.05, 0.1) is 12.7 Å². The molecule has 0 aromatic carbocycles. The first-order chi connectivity index (χ1) is 4.36. The Morgan fingerprint density at radius 3 is 3.11 bits per heavy atom. The van der Waals surface area contributed by atoms with Gasteiger partial charge in [0.25, 0.3) is 0 Å². The Bertz CT molecular complexity index is 115. The molecule has 2 saturated heterocycles. The molecule has 0 spiro atoms. The predicted molar refractivity (Wildman–Crippen MR) is 35.4 cm³/mol. The zero-order chi connectivity index (χ0) is 6.27. The molecule has 0 radical (unpaired) electrons. The fourth-order valence-corrected chi connectivity index (χ4v) is 1.74. The molecular formula is C7H13NO. The molecule has 2 aliphatic heterocycles. The summed E-state index contributed by atoms with van der Waals surface area (Å²) in [5.41, 5.74) is 0. The van der Waals surface area contributed by atoms with Crippen molar-refractivity contribution < 1.29 is 4.74 Å². The highest BCUT2D eigenvalue weighted by Gasteiger charge is 2.33. The van der Waals surface area contributed by atoms with Crippen LogP contribution in [0.1, 0.15) is 19.8 Å². The van der Waals surface area contributed by atoms with Crippen LogP contribution in [0.5, 0.6) is 0 Å². The molecule has 52 valence electrons. The van der Waals surface area contributed by atoms with Crippen LogP contribution in [0.15, 0.2) is 0 Å². The van der Waals surface area contributed by atoms with Crippen molar-refractivity contribution >= 4 is 0 Å². The lowest BCUT2D eigenvalue weighted by molar-refractivity contribution is 0.00717. The van der Waals surface area contributed by atoms with Crippen LogP contribution in [0.4, 0.5) is 0 Å². The minimum Gasteiger partial charge on any atom is -0.375 e. The van der Waals surface area contributed by atoms with Crippen LogP contribution < -0.4 is 5.32 Å². The van der Waals surface area contributed by atoms with E-state index in [0.717, 1.165) is 6.61 Å². The summed E-state index contributed by atoms with van der Waals surface area (Å²) in [6.07, 6.45) is 3.07. The lowest BCUT2D eigenvalue weighted by Crippen LogP contribution is -2.46. The minimum absolute atomic E-state index is 0.448. The van der Waals surface area contributed by atoms with Gasteiger partial charge in [0, 0.05) is 12.1 Å². The second-order valence-electron chi connectivity index (χ2n) is 3.09. The molecule has 1 N–H and O–H groups in total. The summed E-state index contributed by atoms with van der Waals surface area (Å²) >= 11 is 0. The summed E-state index contributed by atoms with van der Waals surface area (Å²) in [4.78, 5) is 0. The van der Waals surface area contributed by atoms with E-state index in [1.165, 1.54) is 12.8 Å². The first kappa shape index (κ1) is 5.69. The quantitative estimate of drug-likeness (QED) is 0.512. The SMILES string of the molecule is CC1OCC2CCC1N2. The van der Waals surface area contributed by atoms with E-state index in [0.29, 0.717) is 18.2 Å². The molecule has 0 aliphatic carbocycles. The van der Waals surface area contributed by atoms with Crippen molar-refractivity contribution in [3.8, 4) is 0 Å². The van der Waals surface area contributed by atoms with Crippen LogP contribution in [-0.4, -0.2) is 24.8 Å². The maximum atomic E-state index is 5.50. The van der Waals surface area contributed by atoms with Gasteiger partial charge in [0.2, 0.25) is 0 Å². The normalized spacial score (nSPS) is 49.7. The van der Waals surface area contributed by atoms with E-state index in [1.807, 2.05) is 0 Å². The molecular weight excluding hydrogens is 114 g/mol. The molecule has 2 rings (SSSR count). The first-order valence-electron chi connectivity index (χ1n) is 3.74. The van der Waals surface area contributed by atoms with Gasteiger partial charge in [0.1, 0.15) is 0 Å². The average Bonchev–Trinajstić information content (AvgIpc) is 2.25. The standard InChI is InChI=1S/C7H13NO/c1-5-7-3-2-6(8-7)4-9-5/h5-8H,2-4H2,1H3. The number of hydrogen-bond acceptors (Lipinski definition) is 2. The van der Waals surface area contributed by atoms with E-state index in [4.69, 9.17) is 4.74 Å². The smallest absolute Gasteiger partial charge is 0.0700 e. The summed E-state index contributed by atoms with van der Waals surface area (Å²) < 4.78 is 5.50. The zero-order valence-electron chi connectivity index (χ0n) is 5.76. The largest absolute Gasteiger partial charge is 0.375 e. The van der Waals surface area contributed by atoms with Crippen molar-refractivity contribution in [2.45, 2.75) is 38.0 Å². The van der Waals surface area contributed by atoms with Gasteiger partial charge < -0.3 is 10.1 Å². The summed E-state index contributed by atoms with van der Waals surface area (Å²) in [5, 5.41) is 3.52. The van der Waals surface area contributed by atoms with E-state index in [9.17, 15) is 0 Å². The third-order valence-corrected chi connectivity index (χ3v) is 2.40. The zero-order valence-corrected chi connectivity index (χ0v) is 5.76. The Morgan fingerprint density at radius 1 is 1.44 bits per heavy atom. The molecule has 0 aromatic heterocycles. The van der Waals surface area contributed by atoms with Gasteiger partial charge in [-0.25, -0.2) is 0 Å². The second-order valence-corrected chi connectivity index (χ2v) is 3.09. The molecule has 2 heterocycles. The highest BCUT2D eigenvalue weighted by molar-refractivity contribution is 4.90. The molecule has 0 amide bonds. The van der Waals surface area contributed by atoms with Crippen LogP contribution in [0, 0.1) is 0 Å². The number of fused-ring (bicyclic) bond motifs is 2. The van der Waals surface area contributed by atoms with E-state index >= 15 is 0 Å². The average molecular weight is 127 g/mol. The summed E-state index contributed by atoms with van der Waals surface area (Å²) in [5.74, 6) is 0. The Morgan fingerprint density at radius 2 is 2.33 bits per heavy atom. The fourth-order valence-electron chi connectivity index (χ4n) is 1.74. The van der Waals surface area contributed by atoms with Crippen molar-refractivity contribution in [1.82, 2.24) is 5.32 Å². The third kappa shape index (κ3) is 0.864. The van der Waals surface area contributed by atoms with E-state index < -0.39 is 0 Å². The highest BCUT2D eigenvalue weighted by atomic mass is 16.5. The van der Waals surface area contributed by atoms with Gasteiger partial charge in [-0.1, -0.05) is 0 Å². The maximum Gasteiger partial charge on any atom is 0.0700 e. The molecule has 0 saturated carbocycles. The lowest BCUT2D eigenvalue weighted by atomic mass is 10.1. The Kier molecular flexibility index (Phi) is 1.24. The van der Waals surface area contributed by atoms with Gasteiger partial charge >= 0.3 is 0 Å². The molecule has 2 heteroatoms. The molecule has 2 nitrogen and oxygen atoms in total. The first-order valence-corrected chi connectivity index (χ1v) is 3.74. The van der Waals surface area contributed by atoms with Gasteiger partial charge in [-0.15, -0.1) is 0 Å². The number of morpholine rings is 1. The second kappa shape index (κ2) is 1.96. The molecule has 3 unspecified atom stereocenters.